The lowest BCUT2D eigenvalue weighted by Crippen LogP contribution is -2.07. The maximum absolute atomic E-state index is 12.4. The van der Waals surface area contributed by atoms with Crippen molar-refractivity contribution in [1.82, 2.24) is 9.97 Å². The molecule has 2 heterocycles. The van der Waals surface area contributed by atoms with Gasteiger partial charge in [-0.05, 0) is 31.2 Å². The summed E-state index contributed by atoms with van der Waals surface area (Å²) in [4.78, 5) is 21.7. The van der Waals surface area contributed by atoms with E-state index in [-0.39, 0.29) is 12.2 Å². The minimum Gasteiger partial charge on any atom is -0.462 e. The molecule has 0 aliphatic rings. The number of carbonyl (C=O) groups excluding carboxylic acids is 1. The molecule has 0 saturated heterocycles. The summed E-state index contributed by atoms with van der Waals surface area (Å²) in [7, 11) is 0. The summed E-state index contributed by atoms with van der Waals surface area (Å²) in [6, 6.07) is 18.0. The molecule has 0 N–H and O–H groups in total. The van der Waals surface area contributed by atoms with Gasteiger partial charge in [-0.3, -0.25) is 0 Å². The Kier molecular flexibility index (Phi) is 7.25. The number of nitrogens with zero attached hydrogens (tertiary/aromatic N) is 3. The Bertz CT molecular complexity index is 1160. The quantitative estimate of drug-likeness (QED) is 0.164. The van der Waals surface area contributed by atoms with Gasteiger partial charge in [0, 0.05) is 0 Å². The third-order valence-electron chi connectivity index (χ3n) is 4.13. The van der Waals surface area contributed by atoms with E-state index in [0.29, 0.717) is 15.7 Å². The molecule has 0 aliphatic carbocycles. The lowest BCUT2D eigenvalue weighted by Gasteiger charge is -2.08. The molecule has 0 unspecified atom stereocenters. The molecule has 0 aliphatic heterocycles. The van der Waals surface area contributed by atoms with Crippen LogP contribution in [0.25, 0.3) is 20.4 Å². The summed E-state index contributed by atoms with van der Waals surface area (Å²) >= 11 is 6.14. The number of para-hydroxylation sites is 2. The van der Waals surface area contributed by atoms with Crippen LogP contribution in [0.5, 0.6) is 0 Å². The molecular formula is C22H17N3O2S4. The Balaban J connectivity index is 1.55. The summed E-state index contributed by atoms with van der Waals surface area (Å²) < 4.78 is 7.99. The van der Waals surface area contributed by atoms with Crippen molar-refractivity contribution in [1.29, 1.82) is 5.26 Å². The molecule has 0 radical (unpaired) electrons. The number of hydrogen-bond donors (Lipinski definition) is 0. The summed E-state index contributed by atoms with van der Waals surface area (Å²) in [6.45, 7) is 1.96. The smallest absolute Gasteiger partial charge is 0.350 e. The maximum atomic E-state index is 12.4. The van der Waals surface area contributed by atoms with E-state index in [1.165, 1.54) is 23.5 Å². The first-order chi connectivity index (χ1) is 15.2. The standard InChI is InChI=1S/C22H17N3O2S4/c1-2-27-21(26)14(11-23)22(28-12-19-24-15-7-3-5-9-17(15)30-19)29-13-20-25-16-8-4-6-10-18(16)31-20/h3-10H,2,12-13H2,1H3. The highest BCUT2D eigenvalue weighted by Crippen LogP contribution is 2.38. The van der Waals surface area contributed by atoms with E-state index >= 15 is 0 Å². The number of ether oxygens (including phenoxy) is 1. The normalized spacial score (nSPS) is 10.8. The SMILES string of the molecule is CCOC(=O)C(C#N)=C(SCc1nc2ccccc2s1)SCc1nc2ccccc2s1. The van der Waals surface area contributed by atoms with Gasteiger partial charge >= 0.3 is 5.97 Å². The van der Waals surface area contributed by atoms with E-state index in [0.717, 1.165) is 30.4 Å². The molecule has 156 valence electrons. The van der Waals surface area contributed by atoms with Gasteiger partial charge < -0.3 is 4.74 Å². The molecule has 0 saturated carbocycles. The molecule has 0 atom stereocenters. The lowest BCUT2D eigenvalue weighted by atomic mass is 10.3. The number of benzene rings is 2. The van der Waals surface area contributed by atoms with Gasteiger partial charge in [0.15, 0.2) is 5.57 Å². The van der Waals surface area contributed by atoms with Crippen LogP contribution in [0.3, 0.4) is 0 Å². The van der Waals surface area contributed by atoms with Crippen LogP contribution in [-0.2, 0) is 21.0 Å². The Labute approximate surface area is 196 Å². The summed E-state index contributed by atoms with van der Waals surface area (Å²) in [5, 5.41) is 11.6. The van der Waals surface area contributed by atoms with E-state index in [1.54, 1.807) is 29.6 Å². The van der Waals surface area contributed by atoms with Gasteiger partial charge in [-0.1, -0.05) is 24.3 Å². The van der Waals surface area contributed by atoms with Gasteiger partial charge in [-0.25, -0.2) is 14.8 Å². The average Bonchev–Trinajstić information content (AvgIpc) is 3.39. The first kappa shape index (κ1) is 21.8. The fraction of sp³-hybridized carbons (Fsp3) is 0.182. The highest BCUT2D eigenvalue weighted by Gasteiger charge is 2.19. The van der Waals surface area contributed by atoms with Crippen LogP contribution in [0, 0.1) is 11.3 Å². The van der Waals surface area contributed by atoms with Crippen LogP contribution in [0.2, 0.25) is 0 Å². The van der Waals surface area contributed by atoms with E-state index in [4.69, 9.17) is 4.74 Å². The fourth-order valence-corrected chi connectivity index (χ4v) is 7.00. The van der Waals surface area contributed by atoms with Crippen LogP contribution >= 0.6 is 46.2 Å². The minimum atomic E-state index is -0.589. The first-order valence-corrected chi connectivity index (χ1v) is 13.0. The highest BCUT2D eigenvalue weighted by atomic mass is 32.2. The van der Waals surface area contributed by atoms with Gasteiger partial charge in [0.25, 0.3) is 0 Å². The number of fused-ring (bicyclic) bond motifs is 2. The molecule has 2 aromatic heterocycles. The zero-order valence-electron chi connectivity index (χ0n) is 16.5. The van der Waals surface area contributed by atoms with Crippen molar-refractivity contribution in [2.24, 2.45) is 0 Å². The Morgan fingerprint density at radius 1 is 0.968 bits per heavy atom. The summed E-state index contributed by atoms with van der Waals surface area (Å²) in [5.41, 5.74) is 1.96. The van der Waals surface area contributed by atoms with Crippen molar-refractivity contribution in [2.45, 2.75) is 18.4 Å². The van der Waals surface area contributed by atoms with E-state index in [1.807, 2.05) is 54.6 Å². The van der Waals surface area contributed by atoms with Crippen LogP contribution in [0.15, 0.2) is 58.3 Å². The topological polar surface area (TPSA) is 75.9 Å². The van der Waals surface area contributed by atoms with Gasteiger partial charge in [0.05, 0.1) is 42.8 Å². The number of nitriles is 1. The van der Waals surface area contributed by atoms with Crippen molar-refractivity contribution in [3.8, 4) is 6.07 Å². The Morgan fingerprint density at radius 2 is 1.48 bits per heavy atom. The number of rotatable bonds is 8. The number of thioether (sulfide) groups is 2. The number of thiazole rings is 2. The molecule has 9 heteroatoms. The predicted molar refractivity (Wildman–Crippen MR) is 131 cm³/mol. The number of hydrogen-bond acceptors (Lipinski definition) is 9. The molecule has 0 amide bonds. The van der Waals surface area contributed by atoms with Crippen LogP contribution < -0.4 is 0 Å². The van der Waals surface area contributed by atoms with Gasteiger partial charge in [0.2, 0.25) is 0 Å². The lowest BCUT2D eigenvalue weighted by molar-refractivity contribution is -0.138. The fourth-order valence-electron chi connectivity index (χ4n) is 2.78. The first-order valence-electron chi connectivity index (χ1n) is 9.44. The molecule has 2 aromatic carbocycles. The monoisotopic (exact) mass is 483 g/mol. The average molecular weight is 484 g/mol. The molecule has 4 rings (SSSR count). The third kappa shape index (κ3) is 5.28. The van der Waals surface area contributed by atoms with E-state index in [9.17, 15) is 10.1 Å². The van der Waals surface area contributed by atoms with E-state index < -0.39 is 5.97 Å². The minimum absolute atomic E-state index is 0.0408. The molecule has 0 bridgehead atoms. The van der Waals surface area contributed by atoms with Crippen molar-refractivity contribution >= 4 is 72.6 Å². The van der Waals surface area contributed by atoms with E-state index in [2.05, 4.69) is 9.97 Å². The molecule has 0 spiro atoms. The molecule has 5 nitrogen and oxygen atoms in total. The zero-order chi connectivity index (χ0) is 21.6. The number of carbonyl (C=O) groups is 1. The third-order valence-corrected chi connectivity index (χ3v) is 9.04. The molecule has 0 fully saturated rings. The van der Waals surface area contributed by atoms with Crippen molar-refractivity contribution in [3.05, 3.63) is 68.4 Å². The van der Waals surface area contributed by atoms with Gasteiger partial charge in [-0.15, -0.1) is 46.2 Å². The molecule has 4 aromatic rings. The van der Waals surface area contributed by atoms with Gasteiger partial charge in [-0.2, -0.15) is 5.26 Å². The van der Waals surface area contributed by atoms with Crippen LogP contribution in [-0.4, -0.2) is 22.5 Å². The van der Waals surface area contributed by atoms with Crippen molar-refractivity contribution in [3.63, 3.8) is 0 Å². The second-order valence-electron chi connectivity index (χ2n) is 6.22. The second kappa shape index (κ2) is 10.3. The largest absolute Gasteiger partial charge is 0.462 e. The Morgan fingerprint density at radius 3 is 1.94 bits per heavy atom. The summed E-state index contributed by atoms with van der Waals surface area (Å²) in [6.07, 6.45) is 0. The highest BCUT2D eigenvalue weighted by molar-refractivity contribution is 8.21. The summed E-state index contributed by atoms with van der Waals surface area (Å²) in [5.74, 6) is 0.562. The van der Waals surface area contributed by atoms with Crippen molar-refractivity contribution in [2.75, 3.05) is 6.61 Å². The van der Waals surface area contributed by atoms with Gasteiger partial charge in [0.1, 0.15) is 16.1 Å². The maximum Gasteiger partial charge on any atom is 0.350 e. The number of esters is 1. The second-order valence-corrected chi connectivity index (χ2v) is 10.7. The number of aromatic nitrogens is 2. The van der Waals surface area contributed by atoms with Crippen LogP contribution in [0.1, 0.15) is 16.9 Å². The molecule has 31 heavy (non-hydrogen) atoms. The Hall–Kier alpha value is -2.38. The predicted octanol–water partition coefficient (Wildman–Crippen LogP) is 6.37. The van der Waals surface area contributed by atoms with Crippen molar-refractivity contribution < 1.29 is 9.53 Å². The molecular weight excluding hydrogens is 467 g/mol. The zero-order valence-corrected chi connectivity index (χ0v) is 19.8. The van der Waals surface area contributed by atoms with Crippen LogP contribution in [0.4, 0.5) is 0 Å².